The third-order valence-electron chi connectivity index (χ3n) is 6.12. The van der Waals surface area contributed by atoms with Gasteiger partial charge in [-0.2, -0.15) is 4.31 Å². The van der Waals surface area contributed by atoms with Gasteiger partial charge in [0.1, 0.15) is 0 Å². The van der Waals surface area contributed by atoms with Gasteiger partial charge in [0.25, 0.3) is 15.9 Å². The molecule has 0 spiro atoms. The number of pyridine rings is 1. The summed E-state index contributed by atoms with van der Waals surface area (Å²) < 4.78 is 30.4. The molecule has 1 aromatic carbocycles. The second-order valence-corrected chi connectivity index (χ2v) is 10.6. The van der Waals surface area contributed by atoms with Crippen molar-refractivity contribution in [1.29, 1.82) is 0 Å². The number of imidazole rings is 1. The van der Waals surface area contributed by atoms with Crippen LogP contribution in [-0.4, -0.2) is 70.2 Å². The lowest BCUT2D eigenvalue weighted by Crippen LogP contribution is -2.39. The SMILES string of the molecule is Cc1ccc(C(=O)N2CCCN(S(=O)(=O)c3cn(C)cn3)C(c3ccccc3)CC(=O)NCC2)cn1. The average molecular weight is 511 g/mol. The van der Waals surface area contributed by atoms with Gasteiger partial charge < -0.3 is 14.8 Å². The summed E-state index contributed by atoms with van der Waals surface area (Å²) in [7, 11) is -2.33. The van der Waals surface area contributed by atoms with E-state index in [1.54, 1.807) is 28.6 Å². The number of amides is 2. The van der Waals surface area contributed by atoms with Gasteiger partial charge in [0.15, 0.2) is 5.03 Å². The molecule has 0 radical (unpaired) electrons. The molecule has 0 saturated carbocycles. The van der Waals surface area contributed by atoms with E-state index < -0.39 is 16.1 Å². The Kier molecular flexibility index (Phi) is 7.80. The van der Waals surface area contributed by atoms with Gasteiger partial charge in [-0.1, -0.05) is 30.3 Å². The lowest BCUT2D eigenvalue weighted by molar-refractivity contribution is -0.122. The molecule has 1 saturated heterocycles. The van der Waals surface area contributed by atoms with Crippen LogP contribution in [0.5, 0.6) is 0 Å². The van der Waals surface area contributed by atoms with Crippen molar-refractivity contribution >= 4 is 21.8 Å². The van der Waals surface area contributed by atoms with Crippen LogP contribution >= 0.6 is 0 Å². The summed E-state index contributed by atoms with van der Waals surface area (Å²) in [5.74, 6) is -0.508. The first kappa shape index (κ1) is 25.5. The van der Waals surface area contributed by atoms with Crippen LogP contribution in [0.1, 0.15) is 40.5 Å². The molecule has 1 N–H and O–H groups in total. The molecule has 3 heterocycles. The number of aryl methyl sites for hydroxylation is 2. The number of hydrogen-bond acceptors (Lipinski definition) is 6. The van der Waals surface area contributed by atoms with E-state index in [2.05, 4.69) is 15.3 Å². The van der Waals surface area contributed by atoms with Crippen molar-refractivity contribution in [3.8, 4) is 0 Å². The van der Waals surface area contributed by atoms with Gasteiger partial charge in [-0.05, 0) is 31.0 Å². The van der Waals surface area contributed by atoms with E-state index in [9.17, 15) is 18.0 Å². The maximum absolute atomic E-state index is 13.7. The van der Waals surface area contributed by atoms with Gasteiger partial charge in [-0.25, -0.2) is 13.4 Å². The molecule has 190 valence electrons. The molecule has 36 heavy (non-hydrogen) atoms. The van der Waals surface area contributed by atoms with Gasteiger partial charge in [0, 0.05) is 57.7 Å². The highest BCUT2D eigenvalue weighted by atomic mass is 32.2. The molecule has 3 aromatic rings. The second kappa shape index (κ2) is 11.0. The molecule has 4 rings (SSSR count). The quantitative estimate of drug-likeness (QED) is 0.573. The molecule has 2 aromatic heterocycles. The van der Waals surface area contributed by atoms with Crippen molar-refractivity contribution in [1.82, 2.24) is 29.1 Å². The number of aromatic nitrogens is 3. The topological polar surface area (TPSA) is 118 Å². The fourth-order valence-electron chi connectivity index (χ4n) is 4.23. The average Bonchev–Trinajstić information content (AvgIpc) is 3.30. The molecular weight excluding hydrogens is 480 g/mol. The van der Waals surface area contributed by atoms with Crippen LogP contribution in [0.25, 0.3) is 0 Å². The largest absolute Gasteiger partial charge is 0.354 e. The van der Waals surface area contributed by atoms with Crippen LogP contribution < -0.4 is 5.32 Å². The zero-order valence-electron chi connectivity index (χ0n) is 20.4. The minimum absolute atomic E-state index is 0.0497. The van der Waals surface area contributed by atoms with Gasteiger partial charge in [0.2, 0.25) is 5.91 Å². The molecule has 11 heteroatoms. The van der Waals surface area contributed by atoms with E-state index in [1.165, 1.54) is 23.0 Å². The van der Waals surface area contributed by atoms with E-state index in [0.717, 1.165) is 5.69 Å². The van der Waals surface area contributed by atoms with Gasteiger partial charge in [-0.15, -0.1) is 0 Å². The summed E-state index contributed by atoms with van der Waals surface area (Å²) in [4.78, 5) is 36.0. The second-order valence-electron chi connectivity index (χ2n) is 8.81. The first-order valence-electron chi connectivity index (χ1n) is 11.8. The van der Waals surface area contributed by atoms with Crippen LogP contribution in [0.2, 0.25) is 0 Å². The maximum Gasteiger partial charge on any atom is 0.262 e. The zero-order valence-corrected chi connectivity index (χ0v) is 21.2. The van der Waals surface area contributed by atoms with Crippen LogP contribution in [-0.2, 0) is 21.9 Å². The fraction of sp³-hybridized carbons (Fsp3) is 0.360. The molecule has 0 bridgehead atoms. The lowest BCUT2D eigenvalue weighted by Gasteiger charge is -2.30. The number of carbonyl (C=O) groups is 2. The Morgan fingerprint density at radius 3 is 2.50 bits per heavy atom. The standard InChI is InChI=1S/C25H30N6O4S/c1-19-9-10-21(16-27-19)25(33)30-12-6-13-31(36(34,35)24-17-29(2)18-28-24)22(15-23(32)26-11-14-30)20-7-4-3-5-8-20/h3-5,7-10,16-18,22H,6,11-15H2,1-2H3,(H,26,32). The van der Waals surface area contributed by atoms with E-state index >= 15 is 0 Å². The van der Waals surface area contributed by atoms with E-state index in [4.69, 9.17) is 0 Å². The van der Waals surface area contributed by atoms with Crippen molar-refractivity contribution in [2.45, 2.75) is 30.8 Å². The molecule has 1 atom stereocenters. The summed E-state index contributed by atoms with van der Waals surface area (Å²) in [6.07, 6.45) is 4.74. The van der Waals surface area contributed by atoms with Crippen LogP contribution in [0.15, 0.2) is 66.2 Å². The molecule has 1 aliphatic heterocycles. The van der Waals surface area contributed by atoms with E-state index in [0.29, 0.717) is 30.6 Å². The number of benzene rings is 1. The highest BCUT2D eigenvalue weighted by Gasteiger charge is 2.35. The molecular formula is C25H30N6O4S. The lowest BCUT2D eigenvalue weighted by atomic mass is 10.0. The van der Waals surface area contributed by atoms with Crippen LogP contribution in [0.4, 0.5) is 0 Å². The van der Waals surface area contributed by atoms with Gasteiger partial charge in [0.05, 0.1) is 17.9 Å². The Bertz CT molecular complexity index is 1310. The maximum atomic E-state index is 13.7. The van der Waals surface area contributed by atoms with Crippen molar-refractivity contribution < 1.29 is 18.0 Å². The van der Waals surface area contributed by atoms with Crippen molar-refractivity contribution in [2.75, 3.05) is 26.2 Å². The fourth-order valence-corrected chi connectivity index (χ4v) is 5.85. The molecule has 10 nitrogen and oxygen atoms in total. The monoisotopic (exact) mass is 510 g/mol. The van der Waals surface area contributed by atoms with Crippen LogP contribution in [0, 0.1) is 6.92 Å². The summed E-state index contributed by atoms with van der Waals surface area (Å²) in [6, 6.07) is 11.9. The summed E-state index contributed by atoms with van der Waals surface area (Å²) >= 11 is 0. The summed E-state index contributed by atoms with van der Waals surface area (Å²) in [5.41, 5.74) is 1.96. The smallest absolute Gasteiger partial charge is 0.262 e. The number of carbonyl (C=O) groups excluding carboxylic acids is 2. The van der Waals surface area contributed by atoms with E-state index in [1.807, 2.05) is 37.3 Å². The third kappa shape index (κ3) is 5.80. The molecule has 1 unspecified atom stereocenters. The highest BCUT2D eigenvalue weighted by Crippen LogP contribution is 2.30. The van der Waals surface area contributed by atoms with Crippen molar-refractivity contribution in [3.63, 3.8) is 0 Å². The number of nitrogens with zero attached hydrogens (tertiary/aromatic N) is 5. The molecule has 1 aliphatic rings. The number of sulfonamides is 1. The predicted molar refractivity (Wildman–Crippen MR) is 133 cm³/mol. The third-order valence-corrected chi connectivity index (χ3v) is 7.91. The zero-order chi connectivity index (χ0) is 25.7. The number of hydrogen-bond donors (Lipinski definition) is 1. The molecule has 2 amide bonds. The number of nitrogens with one attached hydrogen (secondary N) is 1. The Morgan fingerprint density at radius 1 is 1.06 bits per heavy atom. The van der Waals surface area contributed by atoms with Gasteiger partial charge in [-0.3, -0.25) is 14.6 Å². The van der Waals surface area contributed by atoms with Crippen molar-refractivity contribution in [3.05, 3.63) is 78.0 Å². The highest BCUT2D eigenvalue weighted by molar-refractivity contribution is 7.89. The van der Waals surface area contributed by atoms with E-state index in [-0.39, 0.29) is 36.4 Å². The molecule has 1 fully saturated rings. The first-order chi connectivity index (χ1) is 17.3. The minimum Gasteiger partial charge on any atom is -0.354 e. The number of rotatable bonds is 4. The Balaban J connectivity index is 1.67. The Hall–Kier alpha value is -3.57. The molecule has 0 aliphatic carbocycles. The Morgan fingerprint density at radius 2 is 1.83 bits per heavy atom. The normalized spacial score (nSPS) is 18.3. The Labute approximate surface area is 211 Å². The summed E-state index contributed by atoms with van der Waals surface area (Å²) in [6.45, 7) is 2.84. The minimum atomic E-state index is -4.03. The van der Waals surface area contributed by atoms with Crippen molar-refractivity contribution in [2.24, 2.45) is 7.05 Å². The first-order valence-corrected chi connectivity index (χ1v) is 13.2. The van der Waals surface area contributed by atoms with Crippen LogP contribution in [0.3, 0.4) is 0 Å². The summed E-state index contributed by atoms with van der Waals surface area (Å²) in [5, 5.41) is 2.77. The predicted octanol–water partition coefficient (Wildman–Crippen LogP) is 1.91. The van der Waals surface area contributed by atoms with Gasteiger partial charge >= 0.3 is 0 Å².